The zero-order valence-corrected chi connectivity index (χ0v) is 10.4. The number of pyridine rings is 1. The lowest BCUT2D eigenvalue weighted by molar-refractivity contribution is -0.0524. The number of benzene rings is 1. The molecule has 0 fully saturated rings. The number of rotatable bonds is 4. The van der Waals surface area contributed by atoms with Gasteiger partial charge in [-0.3, -0.25) is 0 Å². The van der Waals surface area contributed by atoms with Crippen molar-refractivity contribution < 1.29 is 13.5 Å². The molecule has 1 atom stereocenters. The summed E-state index contributed by atoms with van der Waals surface area (Å²) in [6.45, 7) is -1.01. The van der Waals surface area contributed by atoms with Gasteiger partial charge in [0, 0.05) is 17.8 Å². The molecule has 100 valence electrons. The van der Waals surface area contributed by atoms with Crippen molar-refractivity contribution in [3.63, 3.8) is 0 Å². The van der Waals surface area contributed by atoms with Gasteiger partial charge in [0.25, 0.3) is 0 Å². The Morgan fingerprint density at radius 2 is 1.84 bits per heavy atom. The molecule has 1 heterocycles. The third-order valence-electron chi connectivity index (χ3n) is 2.72. The molecule has 0 bridgehead atoms. The summed E-state index contributed by atoms with van der Waals surface area (Å²) in [5.41, 5.74) is 8.02. The van der Waals surface area contributed by atoms with E-state index in [4.69, 9.17) is 5.73 Å². The molecule has 0 amide bonds. The first-order chi connectivity index (χ1) is 9.08. The Labute approximate surface area is 110 Å². The van der Waals surface area contributed by atoms with Crippen LogP contribution in [0, 0.1) is 0 Å². The molecule has 1 aromatic heterocycles. The van der Waals surface area contributed by atoms with Crippen molar-refractivity contribution in [1.82, 2.24) is 4.98 Å². The molecule has 2 N–H and O–H groups in total. The molecule has 3 nitrogen and oxygen atoms in total. The largest absolute Gasteiger partial charge is 0.416 e. The fraction of sp³-hybridized carbons (Fsp3) is 0.214. The van der Waals surface area contributed by atoms with E-state index in [1.807, 2.05) is 31.2 Å². The summed E-state index contributed by atoms with van der Waals surface area (Å²) in [5.74, 6) is -0.0777. The third-order valence-corrected chi connectivity index (χ3v) is 2.72. The lowest BCUT2D eigenvalue weighted by Crippen LogP contribution is -2.05. The predicted molar refractivity (Wildman–Crippen MR) is 68.9 cm³/mol. The molecule has 1 aromatic carbocycles. The van der Waals surface area contributed by atoms with Crippen molar-refractivity contribution in [2.75, 3.05) is 0 Å². The first-order valence-corrected chi connectivity index (χ1v) is 5.83. The summed E-state index contributed by atoms with van der Waals surface area (Å²) in [6, 6.07) is 10.6. The van der Waals surface area contributed by atoms with E-state index in [-0.39, 0.29) is 11.9 Å². The third kappa shape index (κ3) is 3.26. The van der Waals surface area contributed by atoms with Crippen LogP contribution in [0.25, 0.3) is 11.1 Å². The van der Waals surface area contributed by atoms with Crippen molar-refractivity contribution >= 4 is 0 Å². The Balaban J connectivity index is 2.35. The summed E-state index contributed by atoms with van der Waals surface area (Å²) in [5, 5.41) is 0. The summed E-state index contributed by atoms with van der Waals surface area (Å²) >= 11 is 0. The van der Waals surface area contributed by atoms with Gasteiger partial charge in [-0.05, 0) is 30.2 Å². The molecule has 0 saturated heterocycles. The zero-order chi connectivity index (χ0) is 13.8. The van der Waals surface area contributed by atoms with Crippen LogP contribution in [0.1, 0.15) is 18.5 Å². The Bertz CT molecular complexity index is 541. The van der Waals surface area contributed by atoms with Crippen LogP contribution >= 0.6 is 0 Å². The fourth-order valence-corrected chi connectivity index (χ4v) is 1.76. The van der Waals surface area contributed by atoms with Crippen molar-refractivity contribution in [1.29, 1.82) is 0 Å². The van der Waals surface area contributed by atoms with Gasteiger partial charge in [-0.15, -0.1) is 0 Å². The molecule has 0 spiro atoms. The number of alkyl halides is 2. The van der Waals surface area contributed by atoms with Crippen LogP contribution in [0.15, 0.2) is 42.6 Å². The smallest absolute Gasteiger partial charge is 0.388 e. The normalized spacial score (nSPS) is 12.5. The maximum Gasteiger partial charge on any atom is 0.388 e. The molecule has 0 aliphatic carbocycles. The van der Waals surface area contributed by atoms with E-state index < -0.39 is 6.61 Å². The number of nitrogens with zero attached hydrogens (tertiary/aromatic N) is 1. The van der Waals surface area contributed by atoms with E-state index in [2.05, 4.69) is 9.72 Å². The van der Waals surface area contributed by atoms with Crippen LogP contribution in [-0.4, -0.2) is 11.6 Å². The van der Waals surface area contributed by atoms with Gasteiger partial charge >= 0.3 is 6.61 Å². The minimum Gasteiger partial charge on any atom is -0.416 e. The van der Waals surface area contributed by atoms with Crippen LogP contribution in [0.5, 0.6) is 5.88 Å². The maximum absolute atomic E-state index is 12.3. The number of aromatic nitrogens is 1. The highest BCUT2D eigenvalue weighted by atomic mass is 19.3. The van der Waals surface area contributed by atoms with E-state index in [0.717, 1.165) is 11.1 Å². The summed E-state index contributed by atoms with van der Waals surface area (Å²) < 4.78 is 29.0. The molecule has 5 heteroatoms. The number of halogens is 2. The average molecular weight is 264 g/mol. The Hall–Kier alpha value is -2.01. The number of hydrogen-bond acceptors (Lipinski definition) is 3. The monoisotopic (exact) mass is 264 g/mol. The first-order valence-electron chi connectivity index (χ1n) is 5.83. The van der Waals surface area contributed by atoms with Crippen LogP contribution in [0.2, 0.25) is 0 Å². The van der Waals surface area contributed by atoms with E-state index in [0.29, 0.717) is 5.56 Å². The van der Waals surface area contributed by atoms with E-state index in [9.17, 15) is 8.78 Å². The molecule has 0 radical (unpaired) electrons. The zero-order valence-electron chi connectivity index (χ0n) is 10.4. The summed E-state index contributed by atoms with van der Waals surface area (Å²) in [4.78, 5) is 3.83. The number of ether oxygens (including phenoxy) is 1. The molecule has 0 aliphatic rings. The average Bonchev–Trinajstić information content (AvgIpc) is 2.39. The fourth-order valence-electron chi connectivity index (χ4n) is 1.76. The molecule has 2 rings (SSSR count). The van der Waals surface area contributed by atoms with E-state index in [1.54, 1.807) is 12.1 Å². The Kier molecular flexibility index (Phi) is 4.06. The quantitative estimate of drug-likeness (QED) is 0.921. The van der Waals surface area contributed by atoms with Gasteiger partial charge in [-0.2, -0.15) is 8.78 Å². The topological polar surface area (TPSA) is 48.1 Å². The van der Waals surface area contributed by atoms with E-state index >= 15 is 0 Å². The highest BCUT2D eigenvalue weighted by Crippen LogP contribution is 2.29. The van der Waals surface area contributed by atoms with Crippen molar-refractivity contribution in [2.24, 2.45) is 5.73 Å². The van der Waals surface area contributed by atoms with Crippen molar-refractivity contribution in [2.45, 2.75) is 19.6 Å². The van der Waals surface area contributed by atoms with Gasteiger partial charge in [0.05, 0.1) is 0 Å². The second-order valence-corrected chi connectivity index (χ2v) is 4.15. The van der Waals surface area contributed by atoms with Gasteiger partial charge in [0.15, 0.2) is 0 Å². The first kappa shape index (κ1) is 13.4. The number of hydrogen-bond donors (Lipinski definition) is 1. The molecule has 0 saturated carbocycles. The number of nitrogens with two attached hydrogens (primary N) is 1. The van der Waals surface area contributed by atoms with Gasteiger partial charge in [0.1, 0.15) is 0 Å². The lowest BCUT2D eigenvalue weighted by Gasteiger charge is -2.10. The Morgan fingerprint density at radius 1 is 1.16 bits per heavy atom. The summed E-state index contributed by atoms with van der Waals surface area (Å²) in [6.07, 6.45) is 1.41. The summed E-state index contributed by atoms with van der Waals surface area (Å²) in [7, 11) is 0. The molecular weight excluding hydrogens is 250 g/mol. The van der Waals surface area contributed by atoms with Crippen LogP contribution in [0.4, 0.5) is 8.78 Å². The standard InChI is InChI=1S/C14H14F2N2O/c1-9(17)10-4-6-11(7-5-10)12-3-2-8-18-13(12)19-14(15)16/h2-9,14H,17H2,1H3. The minimum absolute atomic E-state index is 0.0697. The highest BCUT2D eigenvalue weighted by Gasteiger charge is 2.12. The molecular formula is C14H14F2N2O. The maximum atomic E-state index is 12.3. The van der Waals surface area contributed by atoms with Crippen LogP contribution < -0.4 is 10.5 Å². The van der Waals surface area contributed by atoms with Gasteiger partial charge in [-0.25, -0.2) is 4.98 Å². The second-order valence-electron chi connectivity index (χ2n) is 4.15. The molecule has 19 heavy (non-hydrogen) atoms. The Morgan fingerprint density at radius 3 is 2.42 bits per heavy atom. The van der Waals surface area contributed by atoms with Gasteiger partial charge < -0.3 is 10.5 Å². The molecule has 1 unspecified atom stereocenters. The van der Waals surface area contributed by atoms with Gasteiger partial charge in [-0.1, -0.05) is 24.3 Å². The van der Waals surface area contributed by atoms with Crippen LogP contribution in [-0.2, 0) is 0 Å². The van der Waals surface area contributed by atoms with Crippen molar-refractivity contribution in [3.8, 4) is 17.0 Å². The SMILES string of the molecule is CC(N)c1ccc(-c2cccnc2OC(F)F)cc1. The predicted octanol–water partition coefficient (Wildman–Crippen LogP) is 3.37. The molecule has 0 aliphatic heterocycles. The van der Waals surface area contributed by atoms with Gasteiger partial charge in [0.2, 0.25) is 5.88 Å². The van der Waals surface area contributed by atoms with Crippen LogP contribution in [0.3, 0.4) is 0 Å². The highest BCUT2D eigenvalue weighted by molar-refractivity contribution is 5.68. The van der Waals surface area contributed by atoms with Crippen molar-refractivity contribution in [3.05, 3.63) is 48.2 Å². The minimum atomic E-state index is -2.89. The lowest BCUT2D eigenvalue weighted by atomic mass is 10.0. The van der Waals surface area contributed by atoms with E-state index in [1.165, 1.54) is 6.20 Å². The second kappa shape index (κ2) is 5.75. The molecule has 2 aromatic rings.